The van der Waals surface area contributed by atoms with Crippen molar-refractivity contribution in [3.63, 3.8) is 0 Å². The van der Waals surface area contributed by atoms with Gasteiger partial charge in [0.15, 0.2) is 5.88 Å². The first-order chi connectivity index (χ1) is 17.4. The second-order valence-corrected chi connectivity index (χ2v) is 13.5. The van der Waals surface area contributed by atoms with Crippen LogP contribution in [0.1, 0.15) is 103 Å². The zero-order valence-corrected chi connectivity index (χ0v) is 25.3. The van der Waals surface area contributed by atoms with Crippen LogP contribution < -0.4 is 14.5 Å². The molecule has 0 N–H and O–H groups in total. The molecule has 0 saturated heterocycles. The molecule has 0 aliphatic carbocycles. The van der Waals surface area contributed by atoms with Crippen molar-refractivity contribution < 1.29 is 17.3 Å². The van der Waals surface area contributed by atoms with E-state index in [4.69, 9.17) is 8.92 Å². The number of aryl methyl sites for hydroxylation is 1. The molecule has 0 fully saturated rings. The number of fused-ring (bicyclic) bond motifs is 1. The smallest absolute Gasteiger partial charge is 0.341 e. The summed E-state index contributed by atoms with van der Waals surface area (Å²) in [6.07, 6.45) is 0. The summed E-state index contributed by atoms with van der Waals surface area (Å²) in [4.78, 5) is 22.0. The first-order valence-corrected chi connectivity index (χ1v) is 14.5. The summed E-state index contributed by atoms with van der Waals surface area (Å²) < 4.78 is 41.0. The quantitative estimate of drug-likeness (QED) is 0.312. The molecule has 9 heteroatoms. The molecule has 2 heterocycles. The molecule has 0 spiro atoms. The van der Waals surface area contributed by atoms with Crippen molar-refractivity contribution in [1.29, 1.82) is 0 Å². The SMILES string of the molecule is Cc1nc(OS(=O)(=O)c2c(C(C)C)cc(C(C)C)cc2C(C)C)c2cc(OCC(C)(C)C)n(C)c(=O)c2n1. The maximum Gasteiger partial charge on any atom is 0.341 e. The number of hydrogen-bond donors (Lipinski definition) is 0. The first-order valence-electron chi connectivity index (χ1n) is 13.1. The van der Waals surface area contributed by atoms with E-state index in [-0.39, 0.29) is 56.6 Å². The normalized spacial score (nSPS) is 12.7. The molecule has 1 aromatic carbocycles. The zero-order valence-electron chi connectivity index (χ0n) is 24.5. The van der Waals surface area contributed by atoms with E-state index >= 15 is 0 Å². The summed E-state index contributed by atoms with van der Waals surface area (Å²) in [6.45, 7) is 20.0. The molecule has 0 aliphatic rings. The molecule has 8 nitrogen and oxygen atoms in total. The monoisotopic (exact) mass is 543 g/mol. The highest BCUT2D eigenvalue weighted by Gasteiger charge is 2.30. The number of rotatable bonds is 8. The predicted molar refractivity (Wildman–Crippen MR) is 151 cm³/mol. The highest BCUT2D eigenvalue weighted by Crippen LogP contribution is 2.37. The maximum absolute atomic E-state index is 14.0. The van der Waals surface area contributed by atoms with Gasteiger partial charge in [-0.05, 0) is 46.8 Å². The van der Waals surface area contributed by atoms with Crippen molar-refractivity contribution >= 4 is 21.0 Å². The van der Waals surface area contributed by atoms with Gasteiger partial charge in [-0.1, -0.05) is 74.4 Å². The Labute approximate surface area is 226 Å². The van der Waals surface area contributed by atoms with Crippen molar-refractivity contribution in [2.75, 3.05) is 6.61 Å². The molecule has 0 saturated carbocycles. The van der Waals surface area contributed by atoms with Crippen LogP contribution >= 0.6 is 0 Å². The predicted octanol–water partition coefficient (Wildman–Crippen LogP) is 6.20. The summed E-state index contributed by atoms with van der Waals surface area (Å²) in [5.41, 5.74) is 1.95. The topological polar surface area (TPSA) is 100 Å². The van der Waals surface area contributed by atoms with Crippen molar-refractivity contribution in [3.8, 4) is 11.8 Å². The van der Waals surface area contributed by atoms with Gasteiger partial charge in [-0.3, -0.25) is 9.36 Å². The Morgan fingerprint density at radius 1 is 0.921 bits per heavy atom. The number of benzene rings is 1. The van der Waals surface area contributed by atoms with Crippen molar-refractivity contribution in [3.05, 3.63) is 51.1 Å². The highest BCUT2D eigenvalue weighted by atomic mass is 32.2. The van der Waals surface area contributed by atoms with E-state index in [2.05, 4.69) is 23.8 Å². The van der Waals surface area contributed by atoms with Gasteiger partial charge in [-0.15, -0.1) is 0 Å². The van der Waals surface area contributed by atoms with Crippen molar-refractivity contribution in [2.45, 2.75) is 91.9 Å². The Kier molecular flexibility index (Phi) is 8.32. The lowest BCUT2D eigenvalue weighted by atomic mass is 9.89. The Morgan fingerprint density at radius 2 is 1.47 bits per heavy atom. The second-order valence-electron chi connectivity index (χ2n) is 12.1. The van der Waals surface area contributed by atoms with E-state index in [1.165, 1.54) is 4.57 Å². The Hall–Kier alpha value is -2.94. The Morgan fingerprint density at radius 3 is 1.95 bits per heavy atom. The fourth-order valence-electron chi connectivity index (χ4n) is 4.14. The van der Waals surface area contributed by atoms with Crippen LogP contribution in [0.4, 0.5) is 0 Å². The third-order valence-electron chi connectivity index (χ3n) is 6.30. The summed E-state index contributed by atoms with van der Waals surface area (Å²) in [7, 11) is -2.73. The minimum absolute atomic E-state index is 0.0619. The average molecular weight is 544 g/mol. The molecular formula is C29H41N3O5S. The third-order valence-corrected chi connectivity index (χ3v) is 7.65. The van der Waals surface area contributed by atoms with Crippen molar-refractivity contribution in [1.82, 2.24) is 14.5 Å². The maximum atomic E-state index is 14.0. The van der Waals surface area contributed by atoms with Crippen molar-refractivity contribution in [2.24, 2.45) is 12.5 Å². The number of aromatic nitrogens is 3. The molecule has 2 aromatic heterocycles. The molecule has 0 radical (unpaired) electrons. The molecule has 38 heavy (non-hydrogen) atoms. The van der Waals surface area contributed by atoms with Gasteiger partial charge in [0, 0.05) is 13.1 Å². The molecule has 208 valence electrons. The van der Waals surface area contributed by atoms with Gasteiger partial charge in [0.25, 0.3) is 5.56 Å². The lowest BCUT2D eigenvalue weighted by molar-refractivity contribution is 0.185. The first kappa shape index (κ1) is 29.6. The Bertz CT molecular complexity index is 1480. The number of ether oxygens (including phenoxy) is 1. The van der Waals surface area contributed by atoms with Gasteiger partial charge in [-0.2, -0.15) is 13.4 Å². The number of hydrogen-bond acceptors (Lipinski definition) is 7. The minimum atomic E-state index is -4.33. The molecule has 3 aromatic rings. The fourth-order valence-corrected chi connectivity index (χ4v) is 5.73. The largest absolute Gasteiger partial charge is 0.478 e. The van der Waals surface area contributed by atoms with Crippen LogP contribution in [-0.2, 0) is 17.2 Å². The van der Waals surface area contributed by atoms with Crippen LogP contribution in [0.2, 0.25) is 0 Å². The van der Waals surface area contributed by atoms with Gasteiger partial charge in [0.1, 0.15) is 16.2 Å². The van der Waals surface area contributed by atoms with Crippen LogP contribution in [0.3, 0.4) is 0 Å². The number of pyridine rings is 1. The lowest BCUT2D eigenvalue weighted by Gasteiger charge is -2.23. The Balaban J connectivity index is 2.26. The van der Waals surface area contributed by atoms with E-state index in [1.807, 2.05) is 60.6 Å². The lowest BCUT2D eigenvalue weighted by Crippen LogP contribution is -2.24. The van der Waals surface area contributed by atoms with Crippen LogP contribution in [0.15, 0.2) is 27.9 Å². The molecule has 3 rings (SSSR count). The van der Waals surface area contributed by atoms with Gasteiger partial charge < -0.3 is 8.92 Å². The highest BCUT2D eigenvalue weighted by molar-refractivity contribution is 7.87. The summed E-state index contributed by atoms with van der Waals surface area (Å²) in [6, 6.07) is 5.48. The number of nitrogens with zero attached hydrogens (tertiary/aromatic N) is 3. The van der Waals surface area contributed by atoms with Gasteiger partial charge in [0.05, 0.1) is 12.0 Å². The molecule has 0 atom stereocenters. The van der Waals surface area contributed by atoms with E-state index in [1.54, 1.807) is 20.0 Å². The van der Waals surface area contributed by atoms with Gasteiger partial charge >= 0.3 is 10.1 Å². The van der Waals surface area contributed by atoms with Crippen LogP contribution in [0.5, 0.6) is 11.8 Å². The van der Waals surface area contributed by atoms with E-state index < -0.39 is 15.7 Å². The molecular weight excluding hydrogens is 502 g/mol. The standard InChI is InChI=1S/C29H41N3O5S/c1-16(2)20-12-21(17(3)4)26(22(13-20)18(5)6)38(34,35)37-27-23-14-24(36-15-29(8,9)10)32(11)28(33)25(23)30-19(7)31-27/h12-14,16-18H,15H2,1-11H3. The fraction of sp³-hybridized carbons (Fsp3) is 0.552. The third kappa shape index (κ3) is 6.20. The zero-order chi connectivity index (χ0) is 28.7. The van der Waals surface area contributed by atoms with Crippen LogP contribution in [0, 0.1) is 12.3 Å². The average Bonchev–Trinajstić information content (AvgIpc) is 2.79. The van der Waals surface area contributed by atoms with Gasteiger partial charge in [-0.25, -0.2) is 4.98 Å². The molecule has 0 amide bonds. The molecule has 0 unspecified atom stereocenters. The van der Waals surface area contributed by atoms with Crippen LogP contribution in [-0.4, -0.2) is 29.6 Å². The molecule has 0 aliphatic heterocycles. The second kappa shape index (κ2) is 10.7. The van der Waals surface area contributed by atoms with E-state index in [9.17, 15) is 13.2 Å². The summed E-state index contributed by atoms with van der Waals surface area (Å²) >= 11 is 0. The molecule has 0 bridgehead atoms. The van der Waals surface area contributed by atoms with Gasteiger partial charge in [0.2, 0.25) is 5.88 Å². The van der Waals surface area contributed by atoms with E-state index in [0.717, 1.165) is 5.56 Å². The van der Waals surface area contributed by atoms with E-state index in [0.29, 0.717) is 17.7 Å². The summed E-state index contributed by atoms with van der Waals surface area (Å²) in [5, 5.41) is 0.183. The minimum Gasteiger partial charge on any atom is -0.478 e. The van der Waals surface area contributed by atoms with Crippen LogP contribution in [0.25, 0.3) is 10.9 Å². The summed E-state index contributed by atoms with van der Waals surface area (Å²) in [5.74, 6) is 0.425.